The fourth-order valence-corrected chi connectivity index (χ4v) is 3.53. The first-order valence-corrected chi connectivity index (χ1v) is 10.0. The van der Waals surface area contributed by atoms with Crippen molar-refractivity contribution in [1.29, 1.82) is 0 Å². The summed E-state index contributed by atoms with van der Waals surface area (Å²) in [5.41, 5.74) is 2.96. The van der Waals surface area contributed by atoms with Gasteiger partial charge in [-0.3, -0.25) is 4.79 Å². The van der Waals surface area contributed by atoms with Crippen LogP contribution in [-0.4, -0.2) is 29.2 Å². The minimum Gasteiger partial charge on any atom is -0.390 e. The minimum absolute atomic E-state index is 0.0124. The summed E-state index contributed by atoms with van der Waals surface area (Å²) in [4.78, 5) is 20.0. The van der Waals surface area contributed by atoms with Gasteiger partial charge in [0.15, 0.2) is 6.10 Å². The Bertz CT molecular complexity index is 932. The predicted molar refractivity (Wildman–Crippen MR) is 107 cm³/mol. The highest BCUT2D eigenvalue weighted by Gasteiger charge is 2.36. The van der Waals surface area contributed by atoms with Crippen LogP contribution >= 0.6 is 0 Å². The van der Waals surface area contributed by atoms with Crippen molar-refractivity contribution in [2.45, 2.75) is 45.0 Å². The summed E-state index contributed by atoms with van der Waals surface area (Å²) < 4.78 is 38.4. The Hall–Kier alpha value is -2.83. The number of alkyl halides is 3. The van der Waals surface area contributed by atoms with Crippen molar-refractivity contribution in [1.82, 2.24) is 4.90 Å². The number of aryl methyl sites for hydroxylation is 1. The van der Waals surface area contributed by atoms with Crippen molar-refractivity contribution < 1.29 is 22.8 Å². The zero-order valence-electron chi connectivity index (χ0n) is 16.7. The van der Waals surface area contributed by atoms with E-state index in [1.807, 2.05) is 31.2 Å². The third-order valence-electron chi connectivity index (χ3n) is 5.43. The van der Waals surface area contributed by atoms with Crippen molar-refractivity contribution >= 4 is 11.6 Å². The van der Waals surface area contributed by atoms with Crippen LogP contribution in [0.15, 0.2) is 53.7 Å². The maximum Gasteiger partial charge on any atom is 0.416 e. The van der Waals surface area contributed by atoms with Crippen molar-refractivity contribution in [3.05, 3.63) is 70.8 Å². The van der Waals surface area contributed by atoms with Gasteiger partial charge < -0.3 is 9.74 Å². The molecule has 0 spiro atoms. The van der Waals surface area contributed by atoms with Crippen LogP contribution in [0, 0.1) is 12.8 Å². The van der Waals surface area contributed by atoms with Crippen molar-refractivity contribution in [3.63, 3.8) is 0 Å². The molecule has 4 nitrogen and oxygen atoms in total. The predicted octanol–water partition coefficient (Wildman–Crippen LogP) is 4.95. The van der Waals surface area contributed by atoms with E-state index < -0.39 is 11.7 Å². The Morgan fingerprint density at radius 3 is 2.37 bits per heavy atom. The standard InChI is InChI=1S/C23H23F3N2O2/c1-15-2-6-17(7-3-15)21-12-20(30-27-21)14-28(22(29)18-8-9-18)13-16-4-10-19(11-5-16)23(24,25)26/h2-7,10-11,18,20H,8-9,12-14H2,1H3. The van der Waals surface area contributed by atoms with E-state index in [1.165, 1.54) is 12.1 Å². The number of rotatable bonds is 6. The molecule has 7 heteroatoms. The van der Waals surface area contributed by atoms with Gasteiger partial charge in [-0.25, -0.2) is 0 Å². The monoisotopic (exact) mass is 416 g/mol. The van der Waals surface area contributed by atoms with Crippen LogP contribution < -0.4 is 0 Å². The number of nitrogens with zero attached hydrogens (tertiary/aromatic N) is 2. The molecule has 0 aromatic heterocycles. The number of hydrogen-bond acceptors (Lipinski definition) is 3. The summed E-state index contributed by atoms with van der Waals surface area (Å²) in [7, 11) is 0. The lowest BCUT2D eigenvalue weighted by atomic mass is 10.0. The molecule has 0 N–H and O–H groups in total. The topological polar surface area (TPSA) is 41.9 Å². The van der Waals surface area contributed by atoms with Gasteiger partial charge in [-0.05, 0) is 43.0 Å². The second kappa shape index (κ2) is 8.13. The van der Waals surface area contributed by atoms with Crippen LogP contribution in [-0.2, 0) is 22.4 Å². The molecule has 1 saturated carbocycles. The summed E-state index contributed by atoms with van der Waals surface area (Å²) in [6.07, 6.45) is -2.33. The molecule has 2 aromatic rings. The lowest BCUT2D eigenvalue weighted by molar-refractivity contribution is -0.138. The molecule has 2 aromatic carbocycles. The molecule has 30 heavy (non-hydrogen) atoms. The smallest absolute Gasteiger partial charge is 0.390 e. The third kappa shape index (κ3) is 4.83. The molecular formula is C23H23F3N2O2. The number of oxime groups is 1. The minimum atomic E-state index is -4.37. The molecule has 1 amide bonds. The van der Waals surface area contributed by atoms with E-state index >= 15 is 0 Å². The number of carbonyl (C=O) groups is 1. The van der Waals surface area contributed by atoms with Gasteiger partial charge >= 0.3 is 6.18 Å². The van der Waals surface area contributed by atoms with Gasteiger partial charge in [-0.2, -0.15) is 13.2 Å². The Morgan fingerprint density at radius 2 is 1.77 bits per heavy atom. The number of hydrogen-bond donors (Lipinski definition) is 0. The molecule has 0 radical (unpaired) electrons. The second-order valence-electron chi connectivity index (χ2n) is 8.02. The summed E-state index contributed by atoms with van der Waals surface area (Å²) in [5, 5.41) is 4.19. The molecule has 0 saturated heterocycles. The van der Waals surface area contributed by atoms with Gasteiger partial charge in [0, 0.05) is 18.9 Å². The van der Waals surface area contributed by atoms with E-state index in [0.717, 1.165) is 41.8 Å². The van der Waals surface area contributed by atoms with Crippen molar-refractivity contribution in [2.24, 2.45) is 11.1 Å². The van der Waals surface area contributed by atoms with Gasteiger partial charge in [0.1, 0.15) is 0 Å². The lowest BCUT2D eigenvalue weighted by Gasteiger charge is -2.25. The van der Waals surface area contributed by atoms with E-state index in [1.54, 1.807) is 4.90 Å². The van der Waals surface area contributed by atoms with Gasteiger partial charge in [-0.1, -0.05) is 47.1 Å². The van der Waals surface area contributed by atoms with Gasteiger partial charge in [0.05, 0.1) is 17.8 Å². The number of halogens is 3. The number of benzene rings is 2. The van der Waals surface area contributed by atoms with Gasteiger partial charge in [-0.15, -0.1) is 0 Å². The summed E-state index contributed by atoms with van der Waals surface area (Å²) in [5.74, 6) is 0.0422. The summed E-state index contributed by atoms with van der Waals surface area (Å²) >= 11 is 0. The van der Waals surface area contributed by atoms with Crippen molar-refractivity contribution in [3.8, 4) is 0 Å². The molecule has 1 fully saturated rings. The van der Waals surface area contributed by atoms with Gasteiger partial charge in [0.25, 0.3) is 0 Å². The molecule has 1 aliphatic heterocycles. The molecule has 0 bridgehead atoms. The fraction of sp³-hybridized carbons (Fsp3) is 0.391. The average Bonchev–Trinajstić information content (AvgIpc) is 3.46. The van der Waals surface area contributed by atoms with E-state index in [9.17, 15) is 18.0 Å². The molecule has 1 heterocycles. The fourth-order valence-electron chi connectivity index (χ4n) is 3.53. The Kier molecular flexibility index (Phi) is 5.54. The Morgan fingerprint density at radius 1 is 1.10 bits per heavy atom. The van der Waals surface area contributed by atoms with Crippen LogP contribution in [0.5, 0.6) is 0 Å². The normalized spacial score (nSPS) is 18.7. The third-order valence-corrected chi connectivity index (χ3v) is 5.43. The first-order chi connectivity index (χ1) is 14.3. The zero-order valence-corrected chi connectivity index (χ0v) is 16.7. The molecule has 1 unspecified atom stereocenters. The summed E-state index contributed by atoms with van der Waals surface area (Å²) in [6.45, 7) is 2.63. The largest absolute Gasteiger partial charge is 0.416 e. The number of amides is 1. The maximum absolute atomic E-state index is 12.8. The molecule has 1 aliphatic carbocycles. The van der Waals surface area contributed by atoms with E-state index in [4.69, 9.17) is 4.84 Å². The Balaban J connectivity index is 1.42. The molecule has 158 valence electrons. The van der Waals surface area contributed by atoms with Crippen LogP contribution in [0.25, 0.3) is 0 Å². The SMILES string of the molecule is Cc1ccc(C2=NOC(CN(Cc3ccc(C(F)(F)F)cc3)C(=O)C3CC3)C2)cc1. The maximum atomic E-state index is 12.8. The van der Waals surface area contributed by atoms with Crippen LogP contribution in [0.1, 0.15) is 41.5 Å². The van der Waals surface area contributed by atoms with E-state index in [-0.39, 0.29) is 24.5 Å². The van der Waals surface area contributed by atoms with Crippen LogP contribution in [0.3, 0.4) is 0 Å². The lowest BCUT2D eigenvalue weighted by Crippen LogP contribution is -2.38. The average molecular weight is 416 g/mol. The first-order valence-electron chi connectivity index (χ1n) is 10.0. The molecule has 1 atom stereocenters. The van der Waals surface area contributed by atoms with E-state index in [0.29, 0.717) is 18.5 Å². The quantitative estimate of drug-likeness (QED) is 0.669. The van der Waals surface area contributed by atoms with Crippen molar-refractivity contribution in [2.75, 3.05) is 6.54 Å². The second-order valence-corrected chi connectivity index (χ2v) is 8.02. The highest BCUT2D eigenvalue weighted by Crippen LogP contribution is 2.33. The first kappa shape index (κ1) is 20.4. The van der Waals surface area contributed by atoms with E-state index in [2.05, 4.69) is 5.16 Å². The van der Waals surface area contributed by atoms with Crippen LogP contribution in [0.2, 0.25) is 0 Å². The highest BCUT2D eigenvalue weighted by atomic mass is 19.4. The number of carbonyl (C=O) groups excluding carboxylic acids is 1. The Labute approximate surface area is 173 Å². The summed E-state index contributed by atoms with van der Waals surface area (Å²) in [6, 6.07) is 13.0. The molecule has 4 rings (SSSR count). The zero-order chi connectivity index (χ0) is 21.3. The molecular weight excluding hydrogens is 393 g/mol. The highest BCUT2D eigenvalue weighted by molar-refractivity contribution is 6.01. The van der Waals surface area contributed by atoms with Gasteiger partial charge in [0.2, 0.25) is 5.91 Å². The molecule has 2 aliphatic rings. The van der Waals surface area contributed by atoms with Crippen LogP contribution in [0.4, 0.5) is 13.2 Å².